The lowest BCUT2D eigenvalue weighted by Crippen LogP contribution is -2.41. The molecule has 1 amide bonds. The monoisotopic (exact) mass is 241 g/mol. The average Bonchev–Trinajstić information content (AvgIpc) is 2.43. The molecule has 1 fully saturated rings. The normalized spacial score (nSPS) is 22.1. The minimum atomic E-state index is -0.505. The second kappa shape index (κ2) is 4.80. The van der Waals surface area contributed by atoms with Gasteiger partial charge in [0.1, 0.15) is 0 Å². The highest BCUT2D eigenvalue weighted by molar-refractivity contribution is 6.52. The molecule has 6 heteroatoms. The summed E-state index contributed by atoms with van der Waals surface area (Å²) in [6.07, 6.45) is 1.38. The zero-order valence-electron chi connectivity index (χ0n) is 11.3. The van der Waals surface area contributed by atoms with Crippen LogP contribution in [-0.2, 0) is 18.9 Å². The van der Waals surface area contributed by atoms with Gasteiger partial charge in [-0.25, -0.2) is 5.06 Å². The second-order valence-corrected chi connectivity index (χ2v) is 5.00. The van der Waals surface area contributed by atoms with E-state index in [1.54, 1.807) is 5.98 Å². The maximum atomic E-state index is 11.5. The summed E-state index contributed by atoms with van der Waals surface area (Å²) in [5.74, 6) is 1.33. The molecule has 0 aliphatic carbocycles. The summed E-state index contributed by atoms with van der Waals surface area (Å²) < 4.78 is 11.4. The van der Waals surface area contributed by atoms with Crippen molar-refractivity contribution in [3.63, 3.8) is 0 Å². The summed E-state index contributed by atoms with van der Waals surface area (Å²) in [5, 5.41) is 1.13. The Labute approximate surface area is 103 Å². The van der Waals surface area contributed by atoms with Gasteiger partial charge in [0.25, 0.3) is 5.91 Å². The Morgan fingerprint density at radius 1 is 1.24 bits per heavy atom. The molecule has 1 aliphatic heterocycles. The molecule has 17 heavy (non-hydrogen) atoms. The molecule has 0 spiro atoms. The number of nitrogens with zero attached hydrogens (tertiary/aromatic N) is 1. The van der Waals surface area contributed by atoms with Gasteiger partial charge in [0.2, 0.25) is 0 Å². The Kier molecular flexibility index (Phi) is 4.01. The Balaban J connectivity index is 2.62. The Morgan fingerprint density at radius 2 is 1.71 bits per heavy atom. The molecule has 0 saturated carbocycles. The lowest BCUT2D eigenvalue weighted by Gasteiger charge is -2.32. The third-order valence-electron chi connectivity index (χ3n) is 3.25. The highest BCUT2D eigenvalue weighted by atomic mass is 16.7. The van der Waals surface area contributed by atoms with Gasteiger partial charge in [0, 0.05) is 7.05 Å². The molecule has 5 nitrogen and oxygen atoms in total. The lowest BCUT2D eigenvalue weighted by molar-refractivity contribution is -0.162. The van der Waals surface area contributed by atoms with E-state index in [-0.39, 0.29) is 5.91 Å². The first-order valence-corrected chi connectivity index (χ1v) is 5.55. The van der Waals surface area contributed by atoms with Gasteiger partial charge in [-0.2, -0.15) is 0 Å². The summed E-state index contributed by atoms with van der Waals surface area (Å²) in [7, 11) is 2.46. The lowest BCUT2D eigenvalue weighted by atomic mass is 9.90. The van der Waals surface area contributed by atoms with Crippen molar-refractivity contribution in [3.8, 4) is 0 Å². The van der Waals surface area contributed by atoms with Gasteiger partial charge in [-0.15, -0.1) is 0 Å². The van der Waals surface area contributed by atoms with Crippen molar-refractivity contribution in [2.45, 2.75) is 38.9 Å². The molecule has 0 aromatic rings. The van der Waals surface area contributed by atoms with E-state index in [1.165, 1.54) is 20.2 Å². The van der Waals surface area contributed by atoms with E-state index in [1.807, 2.05) is 27.7 Å². The van der Waals surface area contributed by atoms with Crippen LogP contribution in [0.5, 0.6) is 0 Å². The van der Waals surface area contributed by atoms with Crippen molar-refractivity contribution in [3.05, 3.63) is 12.1 Å². The number of likely N-dealkylation sites (N-methyl/N-ethyl adjacent to an activating group) is 1. The Morgan fingerprint density at radius 3 is 2.12 bits per heavy atom. The van der Waals surface area contributed by atoms with E-state index in [9.17, 15) is 4.79 Å². The van der Waals surface area contributed by atoms with E-state index in [2.05, 4.69) is 0 Å². The molecule has 0 bridgehead atoms. The molecule has 1 heterocycles. The Bertz CT molecular complexity index is 311. The van der Waals surface area contributed by atoms with Gasteiger partial charge in [-0.05, 0) is 39.7 Å². The number of carbonyl (C=O) groups is 1. The maximum Gasteiger partial charge on any atom is 0.487 e. The van der Waals surface area contributed by atoms with Crippen molar-refractivity contribution in [2.24, 2.45) is 0 Å². The predicted molar refractivity (Wildman–Crippen MR) is 65.0 cm³/mol. The molecule has 0 aromatic heterocycles. The Hall–Kier alpha value is -0.845. The fourth-order valence-electron chi connectivity index (χ4n) is 1.32. The fourth-order valence-corrected chi connectivity index (χ4v) is 1.32. The van der Waals surface area contributed by atoms with Crippen LogP contribution in [-0.4, -0.2) is 43.4 Å². The minimum absolute atomic E-state index is 0.262. The van der Waals surface area contributed by atoms with Crippen molar-refractivity contribution in [1.29, 1.82) is 0 Å². The zero-order chi connectivity index (χ0) is 13.3. The van der Waals surface area contributed by atoms with Crippen LogP contribution in [0.2, 0.25) is 0 Å². The zero-order valence-corrected chi connectivity index (χ0v) is 11.3. The number of hydroxylamine groups is 2. The largest absolute Gasteiger partial charge is 0.487 e. The summed E-state index contributed by atoms with van der Waals surface area (Å²) >= 11 is 0. The molecule has 1 aliphatic rings. The van der Waals surface area contributed by atoms with Gasteiger partial charge in [-0.3, -0.25) is 9.63 Å². The quantitative estimate of drug-likeness (QED) is 0.423. The van der Waals surface area contributed by atoms with Crippen molar-refractivity contribution >= 4 is 13.0 Å². The van der Waals surface area contributed by atoms with Gasteiger partial charge in [0.05, 0.1) is 18.3 Å². The number of rotatable bonds is 3. The van der Waals surface area contributed by atoms with Crippen molar-refractivity contribution in [1.82, 2.24) is 5.06 Å². The SMILES string of the molecule is CON(C)C(=O)/C=C/B1OC(C)(C)C(C)(C)O1. The van der Waals surface area contributed by atoms with E-state index in [0.717, 1.165) is 5.06 Å². The summed E-state index contributed by atoms with van der Waals surface area (Å²) in [6, 6.07) is 0. The third kappa shape index (κ3) is 3.09. The number of carbonyl (C=O) groups excluding carboxylic acids is 1. The van der Waals surface area contributed by atoms with Crippen LogP contribution in [0.3, 0.4) is 0 Å². The van der Waals surface area contributed by atoms with E-state index >= 15 is 0 Å². The topological polar surface area (TPSA) is 48.0 Å². The van der Waals surface area contributed by atoms with Crippen LogP contribution in [0.15, 0.2) is 12.1 Å². The average molecular weight is 241 g/mol. The fraction of sp³-hybridized carbons (Fsp3) is 0.727. The maximum absolute atomic E-state index is 11.5. The number of amides is 1. The van der Waals surface area contributed by atoms with Crippen LogP contribution in [0, 0.1) is 0 Å². The van der Waals surface area contributed by atoms with Crippen LogP contribution in [0.4, 0.5) is 0 Å². The van der Waals surface area contributed by atoms with Crippen LogP contribution in [0.25, 0.3) is 0 Å². The first-order chi connectivity index (χ1) is 7.69. The van der Waals surface area contributed by atoms with Crippen molar-refractivity contribution < 1.29 is 18.9 Å². The summed E-state index contributed by atoms with van der Waals surface area (Å²) in [5.41, 5.74) is -0.781. The summed E-state index contributed by atoms with van der Waals surface area (Å²) in [6.45, 7) is 7.85. The first-order valence-electron chi connectivity index (χ1n) is 5.55. The van der Waals surface area contributed by atoms with E-state index in [0.29, 0.717) is 0 Å². The second-order valence-electron chi connectivity index (χ2n) is 5.00. The molecule has 96 valence electrons. The molecular formula is C11H20BNO4. The molecule has 1 rings (SSSR count). The van der Waals surface area contributed by atoms with Crippen LogP contribution >= 0.6 is 0 Å². The highest BCUT2D eigenvalue weighted by Gasteiger charge is 2.50. The van der Waals surface area contributed by atoms with Crippen LogP contribution < -0.4 is 0 Å². The van der Waals surface area contributed by atoms with Gasteiger partial charge in [0.15, 0.2) is 0 Å². The molecule has 0 atom stereocenters. The van der Waals surface area contributed by atoms with Crippen molar-refractivity contribution in [2.75, 3.05) is 14.2 Å². The molecule has 0 N–H and O–H groups in total. The minimum Gasteiger partial charge on any atom is -0.400 e. The smallest absolute Gasteiger partial charge is 0.400 e. The molecular weight excluding hydrogens is 221 g/mol. The molecule has 0 unspecified atom stereocenters. The third-order valence-corrected chi connectivity index (χ3v) is 3.25. The summed E-state index contributed by atoms with van der Waals surface area (Å²) in [4.78, 5) is 16.2. The number of hydrogen-bond acceptors (Lipinski definition) is 4. The van der Waals surface area contributed by atoms with Gasteiger partial charge in [-0.1, -0.05) is 0 Å². The molecule has 0 radical (unpaired) electrons. The number of hydrogen-bond donors (Lipinski definition) is 0. The first kappa shape index (κ1) is 14.2. The molecule has 0 aromatic carbocycles. The molecule has 1 saturated heterocycles. The van der Waals surface area contributed by atoms with Gasteiger partial charge >= 0.3 is 7.12 Å². The van der Waals surface area contributed by atoms with E-state index < -0.39 is 18.3 Å². The predicted octanol–water partition coefficient (Wildman–Crippen LogP) is 1.19. The standard InChI is InChI=1S/C11H20BNO4/c1-10(2)11(3,4)17-12(16-10)8-7-9(14)13(5)15-6/h7-8H,1-6H3/b8-7+. The van der Waals surface area contributed by atoms with E-state index in [4.69, 9.17) is 14.1 Å². The van der Waals surface area contributed by atoms with Crippen LogP contribution in [0.1, 0.15) is 27.7 Å². The highest BCUT2D eigenvalue weighted by Crippen LogP contribution is 2.36. The van der Waals surface area contributed by atoms with Gasteiger partial charge < -0.3 is 9.31 Å².